The van der Waals surface area contributed by atoms with Gasteiger partial charge in [-0.2, -0.15) is 21.3 Å². The van der Waals surface area contributed by atoms with Crippen molar-refractivity contribution >= 4 is 31.8 Å². The highest BCUT2D eigenvalue weighted by atomic mass is 35.5. The summed E-state index contributed by atoms with van der Waals surface area (Å²) in [6.07, 6.45) is 1.47. The van der Waals surface area contributed by atoms with E-state index in [1.165, 1.54) is 25.0 Å². The lowest BCUT2D eigenvalue weighted by Crippen LogP contribution is -2.54. The summed E-state index contributed by atoms with van der Waals surface area (Å²) in [5, 5.41) is 0.166. The zero-order valence-corrected chi connectivity index (χ0v) is 17.5. The first-order valence-electron chi connectivity index (χ1n) is 8.75. The van der Waals surface area contributed by atoms with Crippen molar-refractivity contribution in [3.05, 3.63) is 29.3 Å². The largest absolute Gasteiger partial charge is 0.282 e. The standard InChI is InChI=1S/C16H26ClN3O4S2/c1-3-9-19(10-4-2)26(23,24)20-13-11-18(12-14-20)25(21,22)16-8-6-5-7-15(16)17/h5-8H,3-4,9-14H2,1-2H3. The van der Waals surface area contributed by atoms with Gasteiger partial charge in [0, 0.05) is 39.3 Å². The molecule has 0 aliphatic carbocycles. The minimum absolute atomic E-state index is 0.0524. The van der Waals surface area contributed by atoms with Gasteiger partial charge in [-0.15, -0.1) is 0 Å². The molecule has 0 N–H and O–H groups in total. The average molecular weight is 424 g/mol. The highest BCUT2D eigenvalue weighted by Gasteiger charge is 2.36. The summed E-state index contributed by atoms with van der Waals surface area (Å²) >= 11 is 6.02. The van der Waals surface area contributed by atoms with E-state index in [1.54, 1.807) is 12.1 Å². The normalized spacial score (nSPS) is 17.7. The Morgan fingerprint density at radius 1 is 0.923 bits per heavy atom. The van der Waals surface area contributed by atoms with Crippen molar-refractivity contribution in [2.24, 2.45) is 0 Å². The first-order valence-corrected chi connectivity index (χ1v) is 12.0. The molecule has 10 heteroatoms. The van der Waals surface area contributed by atoms with E-state index in [9.17, 15) is 16.8 Å². The summed E-state index contributed by atoms with van der Waals surface area (Å²) in [5.74, 6) is 0. The van der Waals surface area contributed by atoms with Gasteiger partial charge < -0.3 is 0 Å². The Labute approximate surface area is 161 Å². The van der Waals surface area contributed by atoms with Gasteiger partial charge in [0.05, 0.1) is 5.02 Å². The van der Waals surface area contributed by atoms with Crippen molar-refractivity contribution in [3.63, 3.8) is 0 Å². The number of hydrogen-bond donors (Lipinski definition) is 0. The molecule has 26 heavy (non-hydrogen) atoms. The molecule has 0 bridgehead atoms. The Morgan fingerprint density at radius 2 is 1.42 bits per heavy atom. The molecule has 1 heterocycles. The fraction of sp³-hybridized carbons (Fsp3) is 0.625. The molecule has 148 valence electrons. The lowest BCUT2D eigenvalue weighted by atomic mass is 10.4. The van der Waals surface area contributed by atoms with Gasteiger partial charge in [-0.25, -0.2) is 8.42 Å². The molecule has 0 radical (unpaired) electrons. The second-order valence-electron chi connectivity index (χ2n) is 6.14. The van der Waals surface area contributed by atoms with Gasteiger partial charge in [0.1, 0.15) is 4.90 Å². The predicted octanol–water partition coefficient (Wildman–Crippen LogP) is 2.01. The Bertz CT molecular complexity index is 801. The zero-order valence-electron chi connectivity index (χ0n) is 15.1. The van der Waals surface area contributed by atoms with E-state index in [1.807, 2.05) is 13.8 Å². The first-order chi connectivity index (χ1) is 12.2. The third kappa shape index (κ3) is 4.58. The van der Waals surface area contributed by atoms with Crippen LogP contribution in [0.25, 0.3) is 0 Å². The monoisotopic (exact) mass is 423 g/mol. The van der Waals surface area contributed by atoms with Gasteiger partial charge in [-0.05, 0) is 25.0 Å². The van der Waals surface area contributed by atoms with Crippen LogP contribution in [0.15, 0.2) is 29.2 Å². The summed E-state index contributed by atoms with van der Waals surface area (Å²) in [4.78, 5) is 0.0524. The lowest BCUT2D eigenvalue weighted by Gasteiger charge is -2.36. The predicted molar refractivity (Wildman–Crippen MR) is 103 cm³/mol. The Hall–Kier alpha value is -0.710. The van der Waals surface area contributed by atoms with Gasteiger partial charge in [0.15, 0.2) is 0 Å². The highest BCUT2D eigenvalue weighted by molar-refractivity contribution is 7.89. The molecule has 1 aliphatic rings. The van der Waals surface area contributed by atoms with E-state index in [0.29, 0.717) is 13.1 Å². The minimum atomic E-state index is -3.74. The lowest BCUT2D eigenvalue weighted by molar-refractivity contribution is 0.253. The van der Waals surface area contributed by atoms with Crippen molar-refractivity contribution in [1.29, 1.82) is 0 Å². The number of piperazine rings is 1. The summed E-state index contributed by atoms with van der Waals surface area (Å²) in [6, 6.07) is 6.28. The maximum absolute atomic E-state index is 12.8. The second-order valence-corrected chi connectivity index (χ2v) is 10.4. The third-order valence-corrected chi connectivity index (χ3v) is 8.68. The fourth-order valence-corrected chi connectivity index (χ4v) is 6.63. The number of rotatable bonds is 8. The van der Waals surface area contributed by atoms with E-state index in [4.69, 9.17) is 11.6 Å². The Morgan fingerprint density at radius 3 is 1.92 bits per heavy atom. The fourth-order valence-electron chi connectivity index (χ4n) is 2.94. The van der Waals surface area contributed by atoms with Crippen molar-refractivity contribution in [1.82, 2.24) is 12.9 Å². The van der Waals surface area contributed by atoms with E-state index in [-0.39, 0.29) is 36.1 Å². The van der Waals surface area contributed by atoms with Crippen molar-refractivity contribution in [2.75, 3.05) is 39.3 Å². The van der Waals surface area contributed by atoms with Gasteiger partial charge in [-0.1, -0.05) is 37.6 Å². The number of benzene rings is 1. The van der Waals surface area contributed by atoms with Crippen LogP contribution in [-0.2, 0) is 20.2 Å². The second kappa shape index (κ2) is 8.99. The molecule has 0 aromatic heterocycles. The number of halogens is 1. The van der Waals surface area contributed by atoms with Crippen molar-refractivity contribution in [3.8, 4) is 0 Å². The molecule has 0 unspecified atom stereocenters. The molecule has 1 aromatic rings. The van der Waals surface area contributed by atoms with Crippen LogP contribution >= 0.6 is 11.6 Å². The quantitative estimate of drug-likeness (QED) is 0.640. The molecule has 0 spiro atoms. The van der Waals surface area contributed by atoms with Crippen molar-refractivity contribution in [2.45, 2.75) is 31.6 Å². The molecule has 1 saturated heterocycles. The molecule has 1 aliphatic heterocycles. The number of nitrogens with zero attached hydrogens (tertiary/aromatic N) is 3. The summed E-state index contributed by atoms with van der Waals surface area (Å²) < 4.78 is 55.3. The SMILES string of the molecule is CCCN(CCC)S(=O)(=O)N1CCN(S(=O)(=O)c2ccccc2Cl)CC1. The van der Waals surface area contributed by atoms with Crippen LogP contribution in [0.1, 0.15) is 26.7 Å². The van der Waals surface area contributed by atoms with Gasteiger partial charge >= 0.3 is 0 Å². The van der Waals surface area contributed by atoms with Gasteiger partial charge in [0.2, 0.25) is 10.0 Å². The van der Waals surface area contributed by atoms with E-state index < -0.39 is 20.2 Å². The molecule has 7 nitrogen and oxygen atoms in total. The molecule has 1 aromatic carbocycles. The van der Waals surface area contributed by atoms with Crippen LogP contribution in [0, 0.1) is 0 Å². The van der Waals surface area contributed by atoms with Crippen LogP contribution in [0.2, 0.25) is 5.02 Å². The highest BCUT2D eigenvalue weighted by Crippen LogP contribution is 2.25. The molecule has 0 saturated carbocycles. The van der Waals surface area contributed by atoms with Crippen LogP contribution in [0.5, 0.6) is 0 Å². The van der Waals surface area contributed by atoms with Crippen molar-refractivity contribution < 1.29 is 16.8 Å². The number of sulfonamides is 1. The van der Waals surface area contributed by atoms with Gasteiger partial charge in [0.25, 0.3) is 10.2 Å². The molecular formula is C16H26ClN3O4S2. The Balaban J connectivity index is 2.12. The maximum atomic E-state index is 12.8. The summed E-state index contributed by atoms with van der Waals surface area (Å²) in [7, 11) is -7.31. The minimum Gasteiger partial charge on any atom is -0.207 e. The number of hydrogen-bond acceptors (Lipinski definition) is 4. The molecule has 0 atom stereocenters. The van der Waals surface area contributed by atoms with Gasteiger partial charge in [-0.3, -0.25) is 0 Å². The van der Waals surface area contributed by atoms with Crippen LogP contribution in [-0.4, -0.2) is 69.0 Å². The molecular weight excluding hydrogens is 398 g/mol. The third-order valence-electron chi connectivity index (χ3n) is 4.25. The smallest absolute Gasteiger partial charge is 0.207 e. The average Bonchev–Trinajstić information content (AvgIpc) is 2.62. The molecule has 0 amide bonds. The van der Waals surface area contributed by atoms with E-state index in [2.05, 4.69) is 0 Å². The summed E-state index contributed by atoms with van der Waals surface area (Å²) in [6.45, 7) is 5.30. The van der Waals surface area contributed by atoms with Crippen LogP contribution in [0.3, 0.4) is 0 Å². The molecule has 1 fully saturated rings. The summed E-state index contributed by atoms with van der Waals surface area (Å²) in [5.41, 5.74) is 0. The zero-order chi connectivity index (χ0) is 19.4. The van der Waals surface area contributed by atoms with E-state index >= 15 is 0 Å². The van der Waals surface area contributed by atoms with Crippen LogP contribution < -0.4 is 0 Å². The van der Waals surface area contributed by atoms with Crippen LogP contribution in [0.4, 0.5) is 0 Å². The molecule has 2 rings (SSSR count). The Kier molecular flexibility index (Phi) is 7.46. The first kappa shape index (κ1) is 21.6. The maximum Gasteiger partial charge on any atom is 0.282 e. The van der Waals surface area contributed by atoms with E-state index in [0.717, 1.165) is 12.8 Å². The topological polar surface area (TPSA) is 78.0 Å².